The molecule has 0 unspecified atom stereocenters. The first-order valence-corrected chi connectivity index (χ1v) is 7.20. The summed E-state index contributed by atoms with van der Waals surface area (Å²) >= 11 is 6.52. The van der Waals surface area contributed by atoms with E-state index in [0.29, 0.717) is 20.3 Å². The molecule has 0 heterocycles. The minimum Gasteiger partial charge on any atom is -0.497 e. The van der Waals surface area contributed by atoms with Crippen LogP contribution in [0.5, 0.6) is 5.75 Å². The lowest BCUT2D eigenvalue weighted by atomic mass is 10.2. The molecule has 3 nitrogen and oxygen atoms in total. The highest BCUT2D eigenvalue weighted by molar-refractivity contribution is 9.10. The Morgan fingerprint density at radius 3 is 2.65 bits per heavy atom. The van der Waals surface area contributed by atoms with E-state index in [9.17, 15) is 9.18 Å². The molecule has 2 aromatic rings. The molecule has 0 saturated heterocycles. The second-order valence-corrected chi connectivity index (χ2v) is 5.69. The Balaban J connectivity index is 2.30. The summed E-state index contributed by atoms with van der Waals surface area (Å²) in [7, 11) is 1.51. The number of carbonyl (C=O) groups is 1. The van der Waals surface area contributed by atoms with Crippen molar-refractivity contribution in [3.63, 3.8) is 0 Å². The Morgan fingerprint density at radius 2 is 1.95 bits per heavy atom. The molecule has 104 valence electrons. The van der Waals surface area contributed by atoms with Crippen LogP contribution < -0.4 is 10.1 Å². The molecule has 20 heavy (non-hydrogen) atoms. The van der Waals surface area contributed by atoms with Gasteiger partial charge in [0.05, 0.1) is 18.4 Å². The molecule has 0 fully saturated rings. The lowest BCUT2D eigenvalue weighted by molar-refractivity contribution is 0.102. The van der Waals surface area contributed by atoms with Gasteiger partial charge in [-0.2, -0.15) is 0 Å². The van der Waals surface area contributed by atoms with Crippen LogP contribution in [0, 0.1) is 5.82 Å². The van der Waals surface area contributed by atoms with Crippen LogP contribution in [0.1, 0.15) is 10.4 Å². The Labute approximate surface area is 132 Å². The maximum Gasteiger partial charge on any atom is 0.257 e. The summed E-state index contributed by atoms with van der Waals surface area (Å²) in [6.45, 7) is 0. The Kier molecular flexibility index (Phi) is 4.77. The van der Waals surface area contributed by atoms with E-state index < -0.39 is 11.7 Å². The van der Waals surface area contributed by atoms with Crippen LogP contribution in [-0.4, -0.2) is 13.0 Å². The van der Waals surface area contributed by atoms with Crippen molar-refractivity contribution in [2.24, 2.45) is 0 Å². The summed E-state index contributed by atoms with van der Waals surface area (Å²) < 4.78 is 20.0. The monoisotopic (exact) mass is 401 g/mol. The summed E-state index contributed by atoms with van der Waals surface area (Å²) in [5, 5.41) is 2.53. The van der Waals surface area contributed by atoms with Gasteiger partial charge in [-0.05, 0) is 52.3 Å². The number of rotatable bonds is 3. The summed E-state index contributed by atoms with van der Waals surface area (Å²) in [5.74, 6) is -0.374. The third-order valence-electron chi connectivity index (χ3n) is 2.59. The van der Waals surface area contributed by atoms with Gasteiger partial charge in [0.25, 0.3) is 5.91 Å². The first kappa shape index (κ1) is 15.0. The van der Waals surface area contributed by atoms with E-state index in [4.69, 9.17) is 4.74 Å². The molecule has 2 aromatic carbocycles. The number of benzene rings is 2. The zero-order chi connectivity index (χ0) is 14.7. The highest BCUT2D eigenvalue weighted by Gasteiger charge is 2.13. The van der Waals surface area contributed by atoms with E-state index >= 15 is 0 Å². The van der Waals surface area contributed by atoms with E-state index in [1.54, 1.807) is 24.3 Å². The minimum absolute atomic E-state index is 0.110. The normalized spacial score (nSPS) is 10.2. The summed E-state index contributed by atoms with van der Waals surface area (Å²) in [6, 6.07) is 9.34. The van der Waals surface area contributed by atoms with Gasteiger partial charge in [-0.1, -0.05) is 15.9 Å². The first-order chi connectivity index (χ1) is 9.51. The molecule has 0 bridgehead atoms. The van der Waals surface area contributed by atoms with Crippen LogP contribution in [0.2, 0.25) is 0 Å². The number of carbonyl (C=O) groups excluding carboxylic acids is 1. The molecule has 6 heteroatoms. The van der Waals surface area contributed by atoms with Crippen LogP contribution in [0.15, 0.2) is 45.3 Å². The van der Waals surface area contributed by atoms with E-state index in [1.807, 2.05) is 0 Å². The van der Waals surface area contributed by atoms with Crippen molar-refractivity contribution in [2.45, 2.75) is 0 Å². The molecule has 1 amide bonds. The van der Waals surface area contributed by atoms with Gasteiger partial charge in [-0.25, -0.2) is 4.39 Å². The number of hydrogen-bond acceptors (Lipinski definition) is 2. The van der Waals surface area contributed by atoms with E-state index in [0.717, 1.165) is 0 Å². The van der Waals surface area contributed by atoms with Gasteiger partial charge in [0.1, 0.15) is 11.6 Å². The molecule has 1 N–H and O–H groups in total. The predicted molar refractivity (Wildman–Crippen MR) is 82.7 cm³/mol. The quantitative estimate of drug-likeness (QED) is 0.813. The number of halogens is 3. The standard InChI is InChI=1S/C14H10Br2FNO2/c1-20-9-3-4-11(16)10(7-9)14(19)18-13-6-8(15)2-5-12(13)17/h2-7H,1H3,(H,18,19). The van der Waals surface area contributed by atoms with Gasteiger partial charge in [0.2, 0.25) is 0 Å². The van der Waals surface area contributed by atoms with Crippen molar-refractivity contribution in [2.75, 3.05) is 12.4 Å². The Morgan fingerprint density at radius 1 is 1.20 bits per heavy atom. The van der Waals surface area contributed by atoms with Crippen LogP contribution in [0.25, 0.3) is 0 Å². The van der Waals surface area contributed by atoms with Gasteiger partial charge in [0.15, 0.2) is 0 Å². The minimum atomic E-state index is -0.499. The Hall–Kier alpha value is -1.40. The number of methoxy groups -OCH3 is 1. The van der Waals surface area contributed by atoms with Crippen LogP contribution in [-0.2, 0) is 0 Å². The van der Waals surface area contributed by atoms with Crippen LogP contribution >= 0.6 is 31.9 Å². The summed E-state index contributed by atoms with van der Waals surface area (Å²) in [6.07, 6.45) is 0. The predicted octanol–water partition coefficient (Wildman–Crippen LogP) is 4.61. The van der Waals surface area contributed by atoms with Gasteiger partial charge in [-0.15, -0.1) is 0 Å². The second kappa shape index (κ2) is 6.37. The molecule has 2 rings (SSSR count). The zero-order valence-electron chi connectivity index (χ0n) is 10.4. The van der Waals surface area contributed by atoms with Crippen molar-refractivity contribution in [1.82, 2.24) is 0 Å². The van der Waals surface area contributed by atoms with Gasteiger partial charge < -0.3 is 10.1 Å². The van der Waals surface area contributed by atoms with E-state index in [1.165, 1.54) is 19.2 Å². The van der Waals surface area contributed by atoms with Crippen LogP contribution in [0.3, 0.4) is 0 Å². The molecule has 0 atom stereocenters. The summed E-state index contributed by atoms with van der Waals surface area (Å²) in [5.41, 5.74) is 0.475. The largest absolute Gasteiger partial charge is 0.497 e. The highest BCUT2D eigenvalue weighted by Crippen LogP contribution is 2.25. The van der Waals surface area contributed by atoms with Crippen molar-refractivity contribution in [3.8, 4) is 5.75 Å². The summed E-state index contributed by atoms with van der Waals surface area (Å²) in [4.78, 5) is 12.2. The third kappa shape index (κ3) is 3.37. The number of anilines is 1. The molecule has 0 spiro atoms. The maximum atomic E-state index is 13.6. The van der Waals surface area contributed by atoms with Crippen molar-refractivity contribution in [1.29, 1.82) is 0 Å². The highest BCUT2D eigenvalue weighted by atomic mass is 79.9. The van der Waals surface area contributed by atoms with Crippen molar-refractivity contribution < 1.29 is 13.9 Å². The molecule has 0 radical (unpaired) electrons. The topological polar surface area (TPSA) is 38.3 Å². The lowest BCUT2D eigenvalue weighted by Crippen LogP contribution is -2.13. The van der Waals surface area contributed by atoms with E-state index in [-0.39, 0.29) is 5.69 Å². The molecular formula is C14H10Br2FNO2. The Bertz CT molecular complexity index is 662. The molecule has 0 aromatic heterocycles. The van der Waals surface area contributed by atoms with Gasteiger partial charge in [0, 0.05) is 8.95 Å². The number of hydrogen-bond donors (Lipinski definition) is 1. The van der Waals surface area contributed by atoms with Crippen molar-refractivity contribution in [3.05, 3.63) is 56.7 Å². The molecule has 0 saturated carbocycles. The van der Waals surface area contributed by atoms with Gasteiger partial charge >= 0.3 is 0 Å². The smallest absolute Gasteiger partial charge is 0.257 e. The fourth-order valence-electron chi connectivity index (χ4n) is 1.59. The second-order valence-electron chi connectivity index (χ2n) is 3.92. The third-order valence-corrected chi connectivity index (χ3v) is 3.78. The molecule has 0 aliphatic carbocycles. The van der Waals surface area contributed by atoms with E-state index in [2.05, 4.69) is 37.2 Å². The zero-order valence-corrected chi connectivity index (χ0v) is 13.6. The average Bonchev–Trinajstić information content (AvgIpc) is 2.43. The number of ether oxygens (including phenoxy) is 1. The maximum absolute atomic E-state index is 13.6. The number of nitrogens with one attached hydrogen (secondary N) is 1. The fourth-order valence-corrected chi connectivity index (χ4v) is 2.38. The molecular weight excluding hydrogens is 393 g/mol. The molecule has 0 aliphatic heterocycles. The average molecular weight is 403 g/mol. The van der Waals surface area contributed by atoms with Crippen molar-refractivity contribution >= 4 is 43.5 Å². The fraction of sp³-hybridized carbons (Fsp3) is 0.0714. The van der Waals surface area contributed by atoms with Crippen LogP contribution in [0.4, 0.5) is 10.1 Å². The first-order valence-electron chi connectivity index (χ1n) is 5.61. The molecule has 0 aliphatic rings. The SMILES string of the molecule is COc1ccc(Br)c(C(=O)Nc2cc(Br)ccc2F)c1. The van der Waals surface area contributed by atoms with Gasteiger partial charge in [-0.3, -0.25) is 4.79 Å². The lowest BCUT2D eigenvalue weighted by Gasteiger charge is -2.09. The number of amides is 1.